The van der Waals surface area contributed by atoms with E-state index in [-0.39, 0.29) is 11.3 Å². The van der Waals surface area contributed by atoms with Crippen molar-refractivity contribution in [2.75, 3.05) is 0 Å². The first-order valence-electron chi connectivity index (χ1n) is 5.35. The van der Waals surface area contributed by atoms with Crippen LogP contribution in [0.2, 0.25) is 0 Å². The van der Waals surface area contributed by atoms with Gasteiger partial charge in [-0.25, -0.2) is 4.79 Å². The molecular formula is C11H15IN2O4. The van der Waals surface area contributed by atoms with Gasteiger partial charge in [-0.1, -0.05) is 6.08 Å². The monoisotopic (exact) mass is 366 g/mol. The number of carbonyl (C=O) groups is 1. The molecule has 1 aliphatic carbocycles. The van der Waals surface area contributed by atoms with Gasteiger partial charge < -0.3 is 4.74 Å². The summed E-state index contributed by atoms with van der Waals surface area (Å²) in [6.07, 6.45) is 4.24. The van der Waals surface area contributed by atoms with Crippen molar-refractivity contribution in [1.29, 1.82) is 0 Å². The summed E-state index contributed by atoms with van der Waals surface area (Å²) in [4.78, 5) is 21.9. The predicted molar refractivity (Wildman–Crippen MR) is 75.0 cm³/mol. The quantitative estimate of drug-likeness (QED) is 0.268. The van der Waals surface area contributed by atoms with Crippen LogP contribution in [-0.4, -0.2) is 20.2 Å². The number of nitrogens with one attached hydrogen (secondary N) is 1. The number of alkyl carbamates (subject to hydrolysis) is 1. The van der Waals surface area contributed by atoms with Crippen LogP contribution in [0.1, 0.15) is 27.2 Å². The molecule has 0 aromatic carbocycles. The summed E-state index contributed by atoms with van der Waals surface area (Å²) in [5.41, 5.74) is -0.0601. The summed E-state index contributed by atoms with van der Waals surface area (Å²) >= 11 is 1.77. The zero-order chi connectivity index (χ0) is 14.0. The minimum atomic E-state index is -1.13. The molecule has 0 aromatic rings. The van der Waals surface area contributed by atoms with E-state index in [2.05, 4.69) is 5.32 Å². The van der Waals surface area contributed by atoms with Crippen molar-refractivity contribution < 1.29 is 14.5 Å². The molecule has 18 heavy (non-hydrogen) atoms. The molecule has 0 radical (unpaired) electrons. The van der Waals surface area contributed by atoms with Crippen LogP contribution in [0.25, 0.3) is 0 Å². The fourth-order valence-electron chi connectivity index (χ4n) is 1.26. The number of allylic oxidation sites excluding steroid dienone is 1. The highest BCUT2D eigenvalue weighted by Gasteiger charge is 2.37. The molecule has 1 amide bonds. The van der Waals surface area contributed by atoms with Gasteiger partial charge in [-0.2, -0.15) is 0 Å². The summed E-state index contributed by atoms with van der Waals surface area (Å²) in [7, 11) is 0. The number of hydrogen-bond acceptors (Lipinski definition) is 4. The van der Waals surface area contributed by atoms with E-state index in [1.165, 1.54) is 12.2 Å². The van der Waals surface area contributed by atoms with Crippen LogP contribution in [0, 0.1) is 10.1 Å². The highest BCUT2D eigenvalue weighted by molar-refractivity contribution is 14.1. The average molecular weight is 366 g/mol. The lowest BCUT2D eigenvalue weighted by Gasteiger charge is -2.21. The maximum absolute atomic E-state index is 11.5. The van der Waals surface area contributed by atoms with Crippen molar-refractivity contribution >= 4 is 28.7 Å². The van der Waals surface area contributed by atoms with Gasteiger partial charge >= 0.3 is 6.09 Å². The number of nitro groups is 1. The van der Waals surface area contributed by atoms with E-state index in [9.17, 15) is 14.9 Å². The Kier molecular flexibility index (Phi) is 4.36. The molecular weight excluding hydrogens is 351 g/mol. The number of nitrogens with zero attached hydrogens (tertiary/aromatic N) is 1. The van der Waals surface area contributed by atoms with Crippen molar-refractivity contribution in [3.63, 3.8) is 0 Å². The number of hydrogen-bond donors (Lipinski definition) is 1. The van der Waals surface area contributed by atoms with Crippen LogP contribution in [-0.2, 0) is 4.74 Å². The van der Waals surface area contributed by atoms with E-state index in [0.29, 0.717) is 5.70 Å². The van der Waals surface area contributed by atoms with Gasteiger partial charge in [-0.05, 0) is 26.8 Å². The van der Waals surface area contributed by atoms with Gasteiger partial charge in [0.05, 0.1) is 6.42 Å². The average Bonchev–Trinajstić information content (AvgIpc) is 2.18. The predicted octanol–water partition coefficient (Wildman–Crippen LogP) is 2.76. The fraction of sp³-hybridized carbons (Fsp3) is 0.545. The summed E-state index contributed by atoms with van der Waals surface area (Å²) < 4.78 is 3.95. The largest absolute Gasteiger partial charge is 0.444 e. The second kappa shape index (κ2) is 5.25. The molecule has 7 heteroatoms. The maximum atomic E-state index is 11.5. The first-order valence-corrected chi connectivity index (χ1v) is 6.43. The highest BCUT2D eigenvalue weighted by atomic mass is 127. The molecule has 0 saturated carbocycles. The van der Waals surface area contributed by atoms with Crippen LogP contribution in [0.4, 0.5) is 4.79 Å². The van der Waals surface area contributed by atoms with Crippen LogP contribution in [0.15, 0.2) is 23.9 Å². The number of carbonyl (C=O) groups excluding carboxylic acids is 1. The fourth-order valence-corrected chi connectivity index (χ4v) is 1.66. The molecule has 1 atom stereocenters. The molecule has 1 unspecified atom stereocenters. The second-order valence-electron chi connectivity index (χ2n) is 4.90. The number of ether oxygens (including phenoxy) is 1. The number of alkyl halides is 1. The first-order chi connectivity index (χ1) is 8.12. The van der Waals surface area contributed by atoms with Crippen molar-refractivity contribution in [3.05, 3.63) is 34.0 Å². The van der Waals surface area contributed by atoms with Crippen LogP contribution in [0.5, 0.6) is 0 Å². The smallest absolute Gasteiger partial charge is 0.412 e. The Labute approximate surface area is 119 Å². The van der Waals surface area contributed by atoms with E-state index in [1.54, 1.807) is 49.4 Å². The van der Waals surface area contributed by atoms with E-state index < -0.39 is 15.2 Å². The SMILES string of the molecule is CC(C)(C)OC(=O)NC1=CCC(I)([N+](=O)[O-])C=C1. The second-order valence-corrected chi connectivity index (χ2v) is 6.77. The van der Waals surface area contributed by atoms with Gasteiger partial charge in [0.15, 0.2) is 0 Å². The minimum absolute atomic E-state index is 0.224. The summed E-state index contributed by atoms with van der Waals surface area (Å²) in [6.45, 7) is 5.29. The van der Waals surface area contributed by atoms with E-state index in [4.69, 9.17) is 4.74 Å². The van der Waals surface area contributed by atoms with E-state index >= 15 is 0 Å². The first kappa shape index (κ1) is 14.9. The Bertz CT molecular complexity index is 425. The summed E-state index contributed by atoms with van der Waals surface area (Å²) in [6, 6.07) is 0. The lowest BCUT2D eigenvalue weighted by atomic mass is 10.1. The molecule has 100 valence electrons. The minimum Gasteiger partial charge on any atom is -0.444 e. The summed E-state index contributed by atoms with van der Waals surface area (Å²) in [5, 5.41) is 13.3. The Morgan fingerprint density at radius 3 is 2.61 bits per heavy atom. The normalized spacial score (nSPS) is 23.2. The van der Waals surface area contributed by atoms with Gasteiger partial charge in [0.2, 0.25) is 0 Å². The molecule has 0 spiro atoms. The third kappa shape index (κ3) is 4.28. The molecule has 1 rings (SSSR count). The maximum Gasteiger partial charge on any atom is 0.412 e. The van der Waals surface area contributed by atoms with Crippen LogP contribution < -0.4 is 5.32 Å². The Balaban J connectivity index is 2.59. The van der Waals surface area contributed by atoms with Gasteiger partial charge in [0.25, 0.3) is 3.55 Å². The third-order valence-electron chi connectivity index (χ3n) is 2.08. The molecule has 0 bridgehead atoms. The Morgan fingerprint density at radius 1 is 1.61 bits per heavy atom. The van der Waals surface area contributed by atoms with Crippen molar-refractivity contribution in [1.82, 2.24) is 5.32 Å². The molecule has 0 aromatic heterocycles. The molecule has 1 N–H and O–H groups in total. The van der Waals surface area contributed by atoms with Crippen LogP contribution in [0.3, 0.4) is 0 Å². The van der Waals surface area contributed by atoms with Gasteiger partial charge in [0.1, 0.15) is 5.60 Å². The van der Waals surface area contributed by atoms with Gasteiger partial charge in [-0.15, -0.1) is 0 Å². The number of halogens is 1. The van der Waals surface area contributed by atoms with E-state index in [1.807, 2.05) is 0 Å². The summed E-state index contributed by atoms with van der Waals surface area (Å²) in [5.74, 6) is 0. The lowest BCUT2D eigenvalue weighted by Crippen LogP contribution is -2.34. The molecule has 0 saturated heterocycles. The van der Waals surface area contributed by atoms with Crippen molar-refractivity contribution in [2.45, 2.75) is 36.3 Å². The van der Waals surface area contributed by atoms with Gasteiger partial charge in [0, 0.05) is 39.3 Å². The van der Waals surface area contributed by atoms with Crippen molar-refractivity contribution in [2.24, 2.45) is 0 Å². The third-order valence-corrected chi connectivity index (χ3v) is 3.27. The van der Waals surface area contributed by atoms with Gasteiger partial charge in [-0.3, -0.25) is 15.4 Å². The molecule has 0 fully saturated rings. The highest BCUT2D eigenvalue weighted by Crippen LogP contribution is 2.30. The Hall–Kier alpha value is -1.12. The number of rotatable bonds is 2. The topological polar surface area (TPSA) is 81.5 Å². The molecule has 0 heterocycles. The standard InChI is InChI=1S/C11H15IN2O4/c1-10(2,3)18-9(15)13-8-4-6-11(12,7-5-8)14(16)17/h4-6H,7H2,1-3H3,(H,13,15). The number of amides is 1. The molecule has 1 aliphatic rings. The zero-order valence-corrected chi connectivity index (χ0v) is 12.6. The zero-order valence-electron chi connectivity index (χ0n) is 10.4. The lowest BCUT2D eigenvalue weighted by molar-refractivity contribution is -0.516. The molecule has 6 nitrogen and oxygen atoms in total. The molecule has 0 aliphatic heterocycles. The Morgan fingerprint density at radius 2 is 2.22 bits per heavy atom. The van der Waals surface area contributed by atoms with E-state index in [0.717, 1.165) is 0 Å². The van der Waals surface area contributed by atoms with Crippen molar-refractivity contribution in [3.8, 4) is 0 Å². The van der Waals surface area contributed by atoms with Crippen LogP contribution >= 0.6 is 22.6 Å².